The predicted octanol–water partition coefficient (Wildman–Crippen LogP) is -4.49. The SMILES string of the molecule is CC(C)C[C@@H]1NC(=O)[C@H](CCC(N)=O)NC(=O)[C@H](Cc2ccc(O)cc2)NC(=O)[C@H]([C@@H](C)O)NC(=O)[C@H]([C@@H](C)O)NC(=O)[C@@H]2CCCN2C(=O)[C@H](CC(N)=O)NC(=O)[C@H](Cc2ccc(O)cc2)NC(=O)[C@@H](N)CSSC[C@@H](C(=O)O)NC1=O. The molecule has 2 fully saturated rings. The lowest BCUT2D eigenvalue weighted by Gasteiger charge is -2.31. The molecule has 0 bridgehead atoms. The first kappa shape index (κ1) is 67.8. The highest BCUT2D eigenvalue weighted by Gasteiger charge is 2.42. The number of hydrogen-bond acceptors (Lipinski definition) is 19. The molecular weight excluding hydrogens is 1130 g/mol. The van der Waals surface area contributed by atoms with Gasteiger partial charge in [0, 0.05) is 37.3 Å². The van der Waals surface area contributed by atoms with E-state index in [4.69, 9.17) is 17.2 Å². The zero-order valence-corrected chi connectivity index (χ0v) is 47.7. The lowest BCUT2D eigenvalue weighted by molar-refractivity contribution is -0.144. The number of fused-ring (bicyclic) bond motifs is 1. The Morgan fingerprint density at radius 1 is 0.578 bits per heavy atom. The summed E-state index contributed by atoms with van der Waals surface area (Å²) in [5, 5.41) is 71.2. The molecule has 0 saturated carbocycles. The Bertz CT molecular complexity index is 2670. The van der Waals surface area contributed by atoms with Gasteiger partial charge in [-0.1, -0.05) is 59.7 Å². The molecule has 0 radical (unpaired) electrons. The van der Waals surface area contributed by atoms with Gasteiger partial charge in [0.15, 0.2) is 0 Å². The van der Waals surface area contributed by atoms with Gasteiger partial charge in [0.25, 0.3) is 0 Å². The van der Waals surface area contributed by atoms with Gasteiger partial charge in [0.1, 0.15) is 65.9 Å². The van der Waals surface area contributed by atoms with Crippen LogP contribution in [0, 0.1) is 5.92 Å². The molecule has 0 spiro atoms. The van der Waals surface area contributed by atoms with Gasteiger partial charge in [-0.3, -0.25) is 52.7 Å². The number of nitrogens with one attached hydrogen (secondary N) is 8. The summed E-state index contributed by atoms with van der Waals surface area (Å²) in [4.78, 5) is 165. The van der Waals surface area contributed by atoms with Crippen molar-refractivity contribution in [2.75, 3.05) is 18.1 Å². The van der Waals surface area contributed by atoms with Crippen molar-refractivity contribution < 1.29 is 83.1 Å². The van der Waals surface area contributed by atoms with Gasteiger partial charge in [-0.2, -0.15) is 0 Å². The van der Waals surface area contributed by atoms with Crippen LogP contribution in [-0.2, 0) is 70.4 Å². The number of phenolic OH excluding ortho intramolecular Hbond substituents is 2. The third-order valence-electron chi connectivity index (χ3n) is 13.2. The second-order valence-corrected chi connectivity index (χ2v) is 23.1. The lowest BCUT2D eigenvalue weighted by atomic mass is 10.0. The summed E-state index contributed by atoms with van der Waals surface area (Å²) in [6, 6.07) is -5.41. The Labute approximate surface area is 485 Å². The molecule has 0 unspecified atom stereocenters. The number of carboxylic acid groups (broad SMARTS) is 1. The Morgan fingerprint density at radius 2 is 1.02 bits per heavy atom. The number of aromatic hydroxyl groups is 2. The van der Waals surface area contributed by atoms with E-state index in [1.807, 2.05) is 0 Å². The topological polar surface area (TPSA) is 484 Å². The van der Waals surface area contributed by atoms with E-state index in [1.54, 1.807) is 13.8 Å². The molecule has 12 atom stereocenters. The van der Waals surface area contributed by atoms with Crippen molar-refractivity contribution in [1.29, 1.82) is 0 Å². The second-order valence-electron chi connectivity index (χ2n) is 20.6. The zero-order chi connectivity index (χ0) is 61.8. The van der Waals surface area contributed by atoms with E-state index in [-0.39, 0.29) is 67.6 Å². The Morgan fingerprint density at radius 3 is 1.52 bits per heavy atom. The van der Waals surface area contributed by atoms with Crippen LogP contribution in [0.25, 0.3) is 0 Å². The number of nitrogens with two attached hydrogens (primary N) is 3. The summed E-state index contributed by atoms with van der Waals surface area (Å²) in [7, 11) is 1.82. The van der Waals surface area contributed by atoms with Gasteiger partial charge in [0.05, 0.1) is 24.7 Å². The van der Waals surface area contributed by atoms with Crippen LogP contribution in [0.2, 0.25) is 0 Å². The van der Waals surface area contributed by atoms with Gasteiger partial charge in [0.2, 0.25) is 65.0 Å². The maximum Gasteiger partial charge on any atom is 0.327 e. The molecule has 29 nitrogen and oxygen atoms in total. The zero-order valence-electron chi connectivity index (χ0n) is 46.0. The van der Waals surface area contributed by atoms with Crippen LogP contribution in [0.5, 0.6) is 11.5 Å². The highest BCUT2D eigenvalue weighted by Crippen LogP contribution is 2.24. The second kappa shape index (κ2) is 32.2. The molecule has 2 aromatic carbocycles. The number of nitrogens with zero attached hydrogens (tertiary/aromatic N) is 1. The van der Waals surface area contributed by atoms with Crippen molar-refractivity contribution >= 4 is 92.5 Å². The highest BCUT2D eigenvalue weighted by molar-refractivity contribution is 8.76. The molecule has 31 heteroatoms. The fourth-order valence-corrected chi connectivity index (χ4v) is 11.0. The number of carbonyl (C=O) groups is 12. The van der Waals surface area contributed by atoms with Gasteiger partial charge in [-0.05, 0) is 80.8 Å². The molecule has 2 heterocycles. The monoisotopic (exact) mass is 1200 g/mol. The van der Waals surface area contributed by atoms with Crippen LogP contribution in [-0.4, -0.2) is 192 Å². The fourth-order valence-electron chi connectivity index (χ4n) is 8.74. The molecule has 19 N–H and O–H groups in total. The van der Waals surface area contributed by atoms with Crippen LogP contribution in [0.4, 0.5) is 0 Å². The lowest BCUT2D eigenvalue weighted by Crippen LogP contribution is -2.63. The summed E-state index contributed by atoms with van der Waals surface area (Å²) >= 11 is 0. The van der Waals surface area contributed by atoms with Gasteiger partial charge in [-0.25, -0.2) is 4.79 Å². The largest absolute Gasteiger partial charge is 0.508 e. The summed E-state index contributed by atoms with van der Waals surface area (Å²) < 4.78 is 0. The average molecular weight is 1200 g/mol. The van der Waals surface area contributed by atoms with Crippen LogP contribution < -0.4 is 59.7 Å². The number of carbonyl (C=O) groups excluding carboxylic acids is 11. The first-order valence-electron chi connectivity index (χ1n) is 26.5. The smallest absolute Gasteiger partial charge is 0.327 e. The summed E-state index contributed by atoms with van der Waals surface area (Å²) in [6.45, 7) is 5.48. The number of phenols is 2. The van der Waals surface area contributed by atoms with E-state index < -0.39 is 163 Å². The maximum absolute atomic E-state index is 14.3. The Hall–Kier alpha value is -7.74. The molecule has 11 amide bonds. The van der Waals surface area contributed by atoms with Gasteiger partial charge < -0.3 is 90.2 Å². The van der Waals surface area contributed by atoms with Crippen LogP contribution >= 0.6 is 21.6 Å². The molecule has 0 aromatic heterocycles. The number of amides is 11. The van der Waals surface area contributed by atoms with Crippen LogP contribution in [0.3, 0.4) is 0 Å². The minimum atomic E-state index is -1.94. The number of aliphatic hydroxyl groups is 2. The van der Waals surface area contributed by atoms with Gasteiger partial charge >= 0.3 is 5.97 Å². The molecule has 0 aliphatic carbocycles. The maximum atomic E-state index is 14.3. The van der Waals surface area contributed by atoms with Gasteiger partial charge in [-0.15, -0.1) is 0 Å². The van der Waals surface area contributed by atoms with Crippen molar-refractivity contribution in [2.45, 2.75) is 152 Å². The first-order valence-corrected chi connectivity index (χ1v) is 29.0. The van der Waals surface area contributed by atoms with Crippen molar-refractivity contribution in [3.63, 3.8) is 0 Å². The number of primary amides is 2. The number of hydrogen-bond donors (Lipinski definition) is 16. The Balaban J connectivity index is 1.78. The van der Waals surface area contributed by atoms with E-state index >= 15 is 0 Å². The number of aliphatic carboxylic acids is 1. The summed E-state index contributed by atoms with van der Waals surface area (Å²) in [5.74, 6) is -14.0. The van der Waals surface area contributed by atoms with E-state index in [0.717, 1.165) is 40.3 Å². The molecule has 2 aliphatic heterocycles. The highest BCUT2D eigenvalue weighted by atomic mass is 33.1. The van der Waals surface area contributed by atoms with Crippen LogP contribution in [0.15, 0.2) is 48.5 Å². The molecule has 83 heavy (non-hydrogen) atoms. The van der Waals surface area contributed by atoms with E-state index in [0.29, 0.717) is 11.1 Å². The van der Waals surface area contributed by atoms with Crippen molar-refractivity contribution in [1.82, 2.24) is 47.4 Å². The molecule has 2 aliphatic rings. The van der Waals surface area contributed by atoms with Crippen molar-refractivity contribution in [3.05, 3.63) is 59.7 Å². The van der Waals surface area contributed by atoms with Crippen molar-refractivity contribution in [3.8, 4) is 11.5 Å². The number of carboxylic acids is 1. The first-order chi connectivity index (χ1) is 39.0. The molecule has 2 aromatic rings. The van der Waals surface area contributed by atoms with E-state index in [9.17, 15) is 83.1 Å². The average Bonchev–Trinajstić information content (AvgIpc) is 4.20. The van der Waals surface area contributed by atoms with E-state index in [1.165, 1.54) is 48.5 Å². The number of aliphatic hydroxyl groups excluding tert-OH is 2. The normalized spacial score (nSPS) is 26.4. The third kappa shape index (κ3) is 21.5. The molecular formula is C52H74N12O17S2. The minimum absolute atomic E-state index is 0.0327. The molecule has 4 rings (SSSR count). The predicted molar refractivity (Wildman–Crippen MR) is 299 cm³/mol. The van der Waals surface area contributed by atoms with Crippen molar-refractivity contribution in [2.24, 2.45) is 23.1 Å². The third-order valence-corrected chi connectivity index (χ3v) is 15.6. The quantitative estimate of drug-likeness (QED) is 0.0793. The van der Waals surface area contributed by atoms with E-state index in [2.05, 4.69) is 42.5 Å². The standard InChI is InChI=1S/C52H74N12O17S2/c1-24(2)18-33-45(73)61-37(52(80)81)23-83-82-22-31(53)43(71)57-34(19-27-7-11-29(67)12-8-27)47(75)60-36(21-40(55)70)51(79)64-17-5-6-38(64)48(76)62-42(26(4)66)50(78)63-41(25(3)65)49(77)59-35(20-28-9-13-30(68)14-10-28)46(74)56-32(44(72)58-33)15-16-39(54)69/h7-14,24-26,31-38,41-42,65-68H,5-6,15-23,53H2,1-4H3,(H2,54,69)(H2,55,70)(H,56,74)(H,57,71)(H,58,72)(H,59,77)(H,60,75)(H,61,73)(H,62,76)(H,63,78)(H,80,81)/t25-,26-,31+,32+,33+,34+,35+,36+,37+,38+,41+,42+/m1/s1. The Kier molecular flexibility index (Phi) is 26.3. The van der Waals surface area contributed by atoms with Crippen LogP contribution in [0.1, 0.15) is 77.3 Å². The minimum Gasteiger partial charge on any atom is -0.508 e. The summed E-state index contributed by atoms with van der Waals surface area (Å²) in [5.41, 5.74) is 17.9. The molecule has 456 valence electrons. The molecule has 2 saturated heterocycles. The fraction of sp³-hybridized carbons (Fsp3) is 0.538. The number of rotatable bonds is 14. The summed E-state index contributed by atoms with van der Waals surface area (Å²) in [6.07, 6.45) is -5.80. The number of benzene rings is 2.